The first-order valence-corrected chi connectivity index (χ1v) is 13.6. The van der Waals surface area contributed by atoms with Gasteiger partial charge in [0.05, 0.1) is 52.7 Å². The second kappa shape index (κ2) is 19.1. The lowest BCUT2D eigenvalue weighted by Gasteiger charge is -2.24. The summed E-state index contributed by atoms with van der Waals surface area (Å²) >= 11 is 1.27. The molecule has 0 spiro atoms. The Morgan fingerprint density at radius 1 is 1.07 bits per heavy atom. The summed E-state index contributed by atoms with van der Waals surface area (Å²) in [7, 11) is 3.32. The summed E-state index contributed by atoms with van der Waals surface area (Å²) in [5.74, 6) is -0.487. The molecule has 40 heavy (non-hydrogen) atoms. The number of hydrogen-bond donors (Lipinski definition) is 7. The number of aliphatic carboxylic acids is 1. The van der Waals surface area contributed by atoms with E-state index in [0.717, 1.165) is 0 Å². The number of benzene rings is 1. The van der Waals surface area contributed by atoms with Gasteiger partial charge >= 0.3 is 0 Å². The van der Waals surface area contributed by atoms with E-state index in [-0.39, 0.29) is 18.0 Å². The number of likely N-dealkylation sites (N-methyl/N-ethyl adjacent to an activating group) is 1. The van der Waals surface area contributed by atoms with Crippen LogP contribution in [-0.4, -0.2) is 144 Å². The maximum Gasteiger partial charge on any atom is 0.131 e. The monoisotopic (exact) mass is 594 g/mol. The van der Waals surface area contributed by atoms with Gasteiger partial charge in [-0.15, -0.1) is 11.8 Å². The molecule has 0 aliphatic carbocycles. The fourth-order valence-electron chi connectivity index (χ4n) is 3.15. The summed E-state index contributed by atoms with van der Waals surface area (Å²) in [6.45, 7) is 3.83. The predicted molar refractivity (Wildman–Crippen MR) is 143 cm³/mol. The Bertz CT molecular complexity index is 909. The van der Waals surface area contributed by atoms with Gasteiger partial charge in [0.2, 0.25) is 0 Å². The Kier molecular flexibility index (Phi) is 17.2. The summed E-state index contributed by atoms with van der Waals surface area (Å²) in [5.41, 5.74) is -0.798. The molecule has 4 unspecified atom stereocenters. The minimum absolute atomic E-state index is 0.0196. The number of rotatable bonds is 18. The number of thioether (sulfide) groups is 1. The zero-order valence-corrected chi connectivity index (χ0v) is 23.8. The molecule has 0 bridgehead atoms. The van der Waals surface area contributed by atoms with E-state index in [9.17, 15) is 25.2 Å². The summed E-state index contributed by atoms with van der Waals surface area (Å²) in [6.07, 6.45) is -5.53. The maximum atomic E-state index is 11.2. The number of carboxylic acid groups (broad SMARTS) is 1. The molecule has 0 radical (unpaired) electrons. The van der Waals surface area contributed by atoms with Crippen LogP contribution in [0.2, 0.25) is 0 Å². The van der Waals surface area contributed by atoms with Crippen LogP contribution in [0.3, 0.4) is 0 Å². The highest BCUT2D eigenvalue weighted by molar-refractivity contribution is 8.14. The molecule has 2 rings (SSSR count). The number of aromatic hydroxyl groups is 1. The lowest BCUT2D eigenvalue weighted by atomic mass is 10.0. The highest BCUT2D eigenvalue weighted by Gasteiger charge is 2.33. The molecule has 0 saturated heterocycles. The number of carbonyl (C=O) groups is 1. The van der Waals surface area contributed by atoms with Gasteiger partial charge in [-0.2, -0.15) is 0 Å². The first-order chi connectivity index (χ1) is 19.0. The van der Waals surface area contributed by atoms with Gasteiger partial charge in [0, 0.05) is 24.5 Å². The molecule has 0 aromatic heterocycles. The van der Waals surface area contributed by atoms with Crippen LogP contribution in [0.4, 0.5) is 0 Å². The molecule has 1 aliphatic rings. The summed E-state index contributed by atoms with van der Waals surface area (Å²) in [6, 6.07) is 4.82. The number of aliphatic hydroxyl groups is 5. The van der Waals surface area contributed by atoms with Gasteiger partial charge < -0.3 is 64.8 Å². The molecule has 0 fully saturated rings. The number of phenolic OH excluding ortho intramolecular Hbond substituents is 1. The SMILES string of the molecule is COCCOCCOCCOc1ccc(C2=N[C@@](C)(C(=O)[O-])CS2)c(O)c1.C[NH2+]CC(O)C(O)C(O)C(O)CO. The van der Waals surface area contributed by atoms with Gasteiger partial charge in [0.15, 0.2) is 0 Å². The van der Waals surface area contributed by atoms with Gasteiger partial charge in [0.1, 0.15) is 59.6 Å². The maximum absolute atomic E-state index is 11.2. The normalized spacial score (nSPS) is 19.6. The highest BCUT2D eigenvalue weighted by Crippen LogP contribution is 2.35. The molecule has 0 amide bonds. The van der Waals surface area contributed by atoms with Crippen LogP contribution < -0.4 is 15.2 Å². The lowest BCUT2D eigenvalue weighted by Crippen LogP contribution is -2.83. The summed E-state index contributed by atoms with van der Waals surface area (Å²) in [4.78, 5) is 15.3. The molecule has 15 heteroatoms. The second-order valence-corrected chi connectivity index (χ2v) is 9.92. The fraction of sp³-hybridized carbons (Fsp3) is 0.680. The number of nitrogens with two attached hydrogens (primary N) is 1. The third-order valence-corrected chi connectivity index (χ3v) is 6.87. The summed E-state index contributed by atoms with van der Waals surface area (Å²) < 4.78 is 21.0. The standard InChI is InChI=1S/C18H25NO7S.C7H17NO5/c1-18(17(21)22)12-27-16(19-18)14-4-3-13(11-15(14)20)26-10-9-25-8-7-24-6-5-23-2;1-8-2-4(10)6(12)7(13)5(11)3-9/h3-4,11,20H,5-10,12H2,1-2H3,(H,21,22);4-13H,2-3H2,1H3/t18-;/m1./s1. The lowest BCUT2D eigenvalue weighted by molar-refractivity contribution is -0.635. The zero-order valence-electron chi connectivity index (χ0n) is 23.0. The van der Waals surface area contributed by atoms with Crippen molar-refractivity contribution in [3.8, 4) is 11.5 Å². The largest absolute Gasteiger partial charge is 0.547 e. The number of ether oxygens (including phenoxy) is 4. The number of nitrogens with zero attached hydrogens (tertiary/aromatic N) is 1. The van der Waals surface area contributed by atoms with Crippen molar-refractivity contribution in [1.29, 1.82) is 0 Å². The van der Waals surface area contributed by atoms with Gasteiger partial charge in [-0.05, 0) is 19.1 Å². The molecule has 14 nitrogen and oxygen atoms in total. The van der Waals surface area contributed by atoms with E-state index in [1.165, 1.54) is 24.8 Å². The van der Waals surface area contributed by atoms with Crippen molar-refractivity contribution in [2.24, 2.45) is 4.99 Å². The third-order valence-electron chi connectivity index (χ3n) is 5.58. The minimum atomic E-state index is -1.53. The van der Waals surface area contributed by atoms with Gasteiger partial charge in [-0.3, -0.25) is 4.99 Å². The molecular weight excluding hydrogens is 552 g/mol. The first kappa shape index (κ1) is 36.0. The molecule has 1 aromatic rings. The third kappa shape index (κ3) is 12.2. The number of quaternary nitrogens is 1. The topological polar surface area (TPSA) is 227 Å². The van der Waals surface area contributed by atoms with Crippen molar-refractivity contribution in [2.75, 3.05) is 72.7 Å². The van der Waals surface area contributed by atoms with E-state index in [1.807, 2.05) is 0 Å². The average Bonchev–Trinajstić information content (AvgIpc) is 3.34. The quantitative estimate of drug-likeness (QED) is 0.0807. The van der Waals surface area contributed by atoms with Crippen molar-refractivity contribution in [2.45, 2.75) is 36.9 Å². The van der Waals surface area contributed by atoms with Crippen molar-refractivity contribution < 1.29 is 64.8 Å². The number of aliphatic hydroxyl groups excluding tert-OH is 5. The van der Waals surface area contributed by atoms with Crippen LogP contribution in [0.15, 0.2) is 23.2 Å². The second-order valence-electron chi connectivity index (χ2n) is 8.95. The van der Waals surface area contributed by atoms with E-state index in [2.05, 4.69) is 4.99 Å². The van der Waals surface area contributed by atoms with Crippen molar-refractivity contribution >= 4 is 22.8 Å². The number of carbonyl (C=O) groups excluding carboxylic acids is 1. The van der Waals surface area contributed by atoms with E-state index >= 15 is 0 Å². The minimum Gasteiger partial charge on any atom is -0.547 e. The summed E-state index contributed by atoms with van der Waals surface area (Å²) in [5, 5.41) is 68.4. The van der Waals surface area contributed by atoms with Crippen LogP contribution >= 0.6 is 11.8 Å². The molecule has 230 valence electrons. The number of aliphatic imine (C=N–C) groups is 1. The Hall–Kier alpha value is -2.05. The van der Waals surface area contributed by atoms with Gasteiger partial charge in [-0.1, -0.05) is 0 Å². The smallest absolute Gasteiger partial charge is 0.131 e. The van der Waals surface area contributed by atoms with E-state index in [4.69, 9.17) is 34.3 Å². The van der Waals surface area contributed by atoms with E-state index in [0.29, 0.717) is 56.0 Å². The fourth-order valence-corrected chi connectivity index (χ4v) is 4.34. The van der Waals surface area contributed by atoms with Crippen LogP contribution in [0, 0.1) is 0 Å². The van der Waals surface area contributed by atoms with E-state index < -0.39 is 42.5 Å². The van der Waals surface area contributed by atoms with Gasteiger partial charge in [0.25, 0.3) is 0 Å². The zero-order chi connectivity index (χ0) is 30.1. The predicted octanol–water partition coefficient (Wildman–Crippen LogP) is -3.93. The van der Waals surface area contributed by atoms with Crippen molar-refractivity contribution in [3.63, 3.8) is 0 Å². The molecule has 8 N–H and O–H groups in total. The average molecular weight is 595 g/mol. The van der Waals surface area contributed by atoms with E-state index in [1.54, 1.807) is 31.6 Å². The van der Waals surface area contributed by atoms with Crippen LogP contribution in [0.25, 0.3) is 0 Å². The Balaban J connectivity index is 0.000000520. The van der Waals surface area contributed by atoms with Crippen LogP contribution in [0.1, 0.15) is 12.5 Å². The number of hydrogen-bond acceptors (Lipinski definition) is 14. The van der Waals surface area contributed by atoms with Crippen LogP contribution in [-0.2, 0) is 19.0 Å². The number of methoxy groups -OCH3 is 1. The highest BCUT2D eigenvalue weighted by atomic mass is 32.2. The Morgan fingerprint density at radius 3 is 2.20 bits per heavy atom. The number of carboxylic acids is 1. The Labute approximate surface area is 237 Å². The first-order valence-electron chi connectivity index (χ1n) is 12.7. The molecule has 1 aromatic carbocycles. The van der Waals surface area contributed by atoms with Crippen molar-refractivity contribution in [1.82, 2.24) is 0 Å². The molecule has 5 atom stereocenters. The van der Waals surface area contributed by atoms with Crippen LogP contribution in [0.5, 0.6) is 11.5 Å². The van der Waals surface area contributed by atoms with Crippen molar-refractivity contribution in [3.05, 3.63) is 23.8 Å². The molecule has 1 heterocycles. The molecular formula is C25H42N2O12S. The Morgan fingerprint density at radius 2 is 1.68 bits per heavy atom. The molecule has 1 aliphatic heterocycles. The van der Waals surface area contributed by atoms with Gasteiger partial charge in [-0.25, -0.2) is 0 Å². The molecule has 0 saturated carbocycles. The number of phenols is 1.